The minimum Gasteiger partial charge on any atom is -0.497 e. The molecule has 0 saturated carbocycles. The van der Waals surface area contributed by atoms with Crippen molar-refractivity contribution in [3.8, 4) is 17.2 Å². The zero-order valence-electron chi connectivity index (χ0n) is 16.2. The van der Waals surface area contributed by atoms with Crippen molar-refractivity contribution in [3.05, 3.63) is 42.5 Å². The monoisotopic (exact) mass is 444 g/mol. The van der Waals surface area contributed by atoms with Gasteiger partial charge in [-0.15, -0.1) is 10.2 Å². The Bertz CT molecular complexity index is 1010. The summed E-state index contributed by atoms with van der Waals surface area (Å²) in [6.45, 7) is 1.23. The number of fused-ring (bicyclic) bond motifs is 1. The standard InChI is InChI=1S/C20H20N4O4S2/c1-26-15-6-3-13(4-7-15)22-19-23-24-20(30-19)29-12-18(25)21-14-5-8-16-17(11-14)28-10-2-9-27-16/h3-8,11H,2,9-10,12H2,1H3,(H,21,25)(H,22,23). The third kappa shape index (κ3) is 5.33. The van der Waals surface area contributed by atoms with Crippen molar-refractivity contribution in [3.63, 3.8) is 0 Å². The van der Waals surface area contributed by atoms with Gasteiger partial charge in [-0.25, -0.2) is 0 Å². The molecule has 0 bridgehead atoms. The Kier molecular flexibility index (Phi) is 6.55. The number of benzene rings is 2. The van der Waals surface area contributed by atoms with Crippen molar-refractivity contribution in [1.82, 2.24) is 10.2 Å². The molecule has 1 aliphatic heterocycles. The fourth-order valence-electron chi connectivity index (χ4n) is 2.68. The normalized spacial score (nSPS) is 12.7. The Labute approximate surface area is 182 Å². The van der Waals surface area contributed by atoms with Gasteiger partial charge in [-0.05, 0) is 36.4 Å². The maximum atomic E-state index is 12.3. The van der Waals surface area contributed by atoms with Gasteiger partial charge in [0, 0.05) is 23.9 Å². The molecule has 0 radical (unpaired) electrons. The van der Waals surface area contributed by atoms with Gasteiger partial charge in [0.15, 0.2) is 15.8 Å². The van der Waals surface area contributed by atoms with Gasteiger partial charge in [0.1, 0.15) is 5.75 Å². The number of ether oxygens (including phenoxy) is 3. The third-order valence-electron chi connectivity index (χ3n) is 4.11. The summed E-state index contributed by atoms with van der Waals surface area (Å²) in [4.78, 5) is 12.3. The Hall–Kier alpha value is -2.98. The number of hydrogen-bond donors (Lipinski definition) is 2. The molecule has 10 heteroatoms. The summed E-state index contributed by atoms with van der Waals surface area (Å²) < 4.78 is 17.1. The number of rotatable bonds is 7. The second-order valence-electron chi connectivity index (χ2n) is 6.28. The fourth-order valence-corrected chi connectivity index (χ4v) is 4.25. The van der Waals surface area contributed by atoms with Crippen molar-refractivity contribution in [2.45, 2.75) is 10.8 Å². The lowest BCUT2D eigenvalue weighted by Crippen LogP contribution is -2.14. The van der Waals surface area contributed by atoms with Crippen LogP contribution in [0, 0.1) is 0 Å². The van der Waals surface area contributed by atoms with Crippen LogP contribution < -0.4 is 24.8 Å². The van der Waals surface area contributed by atoms with Gasteiger partial charge >= 0.3 is 0 Å². The molecule has 2 heterocycles. The maximum Gasteiger partial charge on any atom is 0.234 e. The van der Waals surface area contributed by atoms with Crippen LogP contribution in [0.3, 0.4) is 0 Å². The molecule has 1 aliphatic rings. The van der Waals surface area contributed by atoms with Gasteiger partial charge in [0.2, 0.25) is 11.0 Å². The van der Waals surface area contributed by atoms with E-state index in [1.165, 1.54) is 23.1 Å². The first kappa shape index (κ1) is 20.3. The average Bonchev–Trinajstić information content (AvgIpc) is 3.07. The molecule has 4 rings (SSSR count). The molecular weight excluding hydrogens is 424 g/mol. The van der Waals surface area contributed by atoms with Gasteiger partial charge < -0.3 is 24.8 Å². The lowest BCUT2D eigenvalue weighted by molar-refractivity contribution is -0.113. The molecule has 2 N–H and O–H groups in total. The summed E-state index contributed by atoms with van der Waals surface area (Å²) >= 11 is 2.72. The SMILES string of the molecule is COc1ccc(Nc2nnc(SCC(=O)Nc3ccc4c(c3)OCCCO4)s2)cc1. The van der Waals surface area contributed by atoms with Crippen LogP contribution >= 0.6 is 23.1 Å². The summed E-state index contributed by atoms with van der Waals surface area (Å²) in [6, 6.07) is 12.9. The molecule has 30 heavy (non-hydrogen) atoms. The van der Waals surface area contributed by atoms with E-state index in [1.807, 2.05) is 30.3 Å². The third-order valence-corrected chi connectivity index (χ3v) is 6.08. The summed E-state index contributed by atoms with van der Waals surface area (Å²) in [6.07, 6.45) is 0.837. The molecule has 1 amide bonds. The van der Waals surface area contributed by atoms with E-state index >= 15 is 0 Å². The van der Waals surface area contributed by atoms with Gasteiger partial charge in [0.05, 0.1) is 26.1 Å². The summed E-state index contributed by atoms with van der Waals surface area (Å²) in [5.74, 6) is 2.23. The topological polar surface area (TPSA) is 94.6 Å². The Balaban J connectivity index is 1.28. The number of carbonyl (C=O) groups is 1. The van der Waals surface area contributed by atoms with Crippen LogP contribution in [0.25, 0.3) is 0 Å². The Morgan fingerprint density at radius 3 is 2.67 bits per heavy atom. The van der Waals surface area contributed by atoms with Crippen LogP contribution in [0.1, 0.15) is 6.42 Å². The molecular formula is C20H20N4O4S2. The summed E-state index contributed by atoms with van der Waals surface area (Å²) in [5.41, 5.74) is 1.56. The number of amides is 1. The smallest absolute Gasteiger partial charge is 0.234 e. The van der Waals surface area contributed by atoms with E-state index in [4.69, 9.17) is 14.2 Å². The molecule has 3 aromatic rings. The van der Waals surface area contributed by atoms with Crippen LogP contribution in [0.4, 0.5) is 16.5 Å². The minimum absolute atomic E-state index is 0.130. The first-order valence-electron chi connectivity index (χ1n) is 9.26. The number of hydrogen-bond acceptors (Lipinski definition) is 9. The fraction of sp³-hybridized carbons (Fsp3) is 0.250. The molecule has 156 valence electrons. The van der Waals surface area contributed by atoms with Crippen LogP contribution in [0.15, 0.2) is 46.8 Å². The lowest BCUT2D eigenvalue weighted by Gasteiger charge is -2.10. The predicted molar refractivity (Wildman–Crippen MR) is 118 cm³/mol. The van der Waals surface area contributed by atoms with E-state index in [0.717, 1.165) is 17.9 Å². The van der Waals surface area contributed by atoms with Crippen molar-refractivity contribution in [2.75, 3.05) is 36.7 Å². The molecule has 0 spiro atoms. The molecule has 0 unspecified atom stereocenters. The van der Waals surface area contributed by atoms with Crippen molar-refractivity contribution in [1.29, 1.82) is 0 Å². The van der Waals surface area contributed by atoms with Crippen LogP contribution in [0.5, 0.6) is 17.2 Å². The quantitative estimate of drug-likeness (QED) is 0.524. The molecule has 0 saturated heterocycles. The second kappa shape index (κ2) is 9.68. The van der Waals surface area contributed by atoms with Crippen molar-refractivity contribution >= 4 is 45.5 Å². The lowest BCUT2D eigenvalue weighted by atomic mass is 10.2. The first-order valence-corrected chi connectivity index (χ1v) is 11.1. The number of nitrogens with one attached hydrogen (secondary N) is 2. The largest absolute Gasteiger partial charge is 0.497 e. The highest BCUT2D eigenvalue weighted by atomic mass is 32.2. The Morgan fingerprint density at radius 1 is 1.10 bits per heavy atom. The van der Waals surface area contributed by atoms with E-state index < -0.39 is 0 Å². The molecule has 1 aromatic heterocycles. The number of nitrogens with zero attached hydrogens (tertiary/aromatic N) is 2. The summed E-state index contributed by atoms with van der Waals surface area (Å²) in [5, 5.41) is 15.0. The molecule has 0 aliphatic carbocycles. The molecule has 8 nitrogen and oxygen atoms in total. The van der Waals surface area contributed by atoms with E-state index in [2.05, 4.69) is 20.8 Å². The highest BCUT2D eigenvalue weighted by Gasteiger charge is 2.13. The van der Waals surface area contributed by atoms with Gasteiger partial charge in [0.25, 0.3) is 0 Å². The number of carbonyl (C=O) groups excluding carboxylic acids is 1. The zero-order chi connectivity index (χ0) is 20.8. The van der Waals surface area contributed by atoms with Gasteiger partial charge in [-0.2, -0.15) is 0 Å². The van der Waals surface area contributed by atoms with Crippen molar-refractivity contribution < 1.29 is 19.0 Å². The van der Waals surface area contributed by atoms with E-state index in [-0.39, 0.29) is 11.7 Å². The van der Waals surface area contributed by atoms with Crippen molar-refractivity contribution in [2.24, 2.45) is 0 Å². The molecule has 0 atom stereocenters. The number of aromatic nitrogens is 2. The number of anilines is 3. The van der Waals surface area contributed by atoms with Gasteiger partial charge in [-0.3, -0.25) is 4.79 Å². The predicted octanol–water partition coefficient (Wildman–Crippen LogP) is 4.18. The van der Waals surface area contributed by atoms with Crippen LogP contribution in [-0.2, 0) is 4.79 Å². The van der Waals surface area contributed by atoms with Gasteiger partial charge in [-0.1, -0.05) is 23.1 Å². The average molecular weight is 445 g/mol. The maximum absolute atomic E-state index is 12.3. The minimum atomic E-state index is -0.130. The first-order chi connectivity index (χ1) is 14.7. The number of methoxy groups -OCH3 is 1. The van der Waals surface area contributed by atoms with E-state index in [0.29, 0.717) is 39.9 Å². The number of thioether (sulfide) groups is 1. The highest BCUT2D eigenvalue weighted by Crippen LogP contribution is 2.33. The van der Waals surface area contributed by atoms with Crippen LogP contribution in [0.2, 0.25) is 0 Å². The molecule has 0 fully saturated rings. The van der Waals surface area contributed by atoms with E-state index in [9.17, 15) is 4.79 Å². The van der Waals surface area contributed by atoms with E-state index in [1.54, 1.807) is 19.2 Å². The second-order valence-corrected chi connectivity index (χ2v) is 8.48. The summed E-state index contributed by atoms with van der Waals surface area (Å²) in [7, 11) is 1.63. The highest BCUT2D eigenvalue weighted by molar-refractivity contribution is 8.01. The molecule has 2 aromatic carbocycles. The van der Waals surface area contributed by atoms with Crippen LogP contribution in [-0.4, -0.2) is 42.2 Å². The zero-order valence-corrected chi connectivity index (χ0v) is 17.8. The Morgan fingerprint density at radius 2 is 1.87 bits per heavy atom.